The van der Waals surface area contributed by atoms with E-state index in [1.54, 1.807) is 11.3 Å². The van der Waals surface area contributed by atoms with Crippen LogP contribution in [0.25, 0.3) is 0 Å². The fourth-order valence-corrected chi connectivity index (χ4v) is 3.34. The van der Waals surface area contributed by atoms with Crippen molar-refractivity contribution < 1.29 is 4.79 Å². The molecule has 0 spiro atoms. The molecule has 1 aliphatic heterocycles. The number of pyridine rings is 1. The van der Waals surface area contributed by atoms with Crippen molar-refractivity contribution in [3.8, 4) is 0 Å². The number of aromatic nitrogens is 1. The summed E-state index contributed by atoms with van der Waals surface area (Å²) in [5, 5.41) is 3.87. The molecule has 3 rings (SSSR count). The number of hydrogen-bond acceptors (Lipinski definition) is 4. The molecule has 1 aliphatic rings. The van der Waals surface area contributed by atoms with Crippen molar-refractivity contribution in [1.29, 1.82) is 0 Å². The predicted molar refractivity (Wildman–Crippen MR) is 89.0 cm³/mol. The lowest BCUT2D eigenvalue weighted by Crippen LogP contribution is -2.35. The zero-order chi connectivity index (χ0) is 14.7. The Labute approximate surface area is 136 Å². The van der Waals surface area contributed by atoms with Gasteiger partial charge >= 0.3 is 0 Å². The van der Waals surface area contributed by atoms with Gasteiger partial charge in [-0.1, -0.05) is 0 Å². The van der Waals surface area contributed by atoms with Crippen LogP contribution in [0.5, 0.6) is 0 Å². The molecule has 6 heteroatoms. The molecule has 1 saturated heterocycles. The third kappa shape index (κ3) is 3.44. The van der Waals surface area contributed by atoms with Crippen molar-refractivity contribution in [1.82, 2.24) is 9.88 Å². The molecule has 2 aromatic heterocycles. The number of anilines is 1. The molecule has 1 amide bonds. The molecule has 0 unspecified atom stereocenters. The number of rotatable bonds is 2. The van der Waals surface area contributed by atoms with Crippen LogP contribution in [-0.4, -0.2) is 42.0 Å². The minimum absolute atomic E-state index is 0.141. The van der Waals surface area contributed by atoms with Crippen molar-refractivity contribution in [2.24, 2.45) is 0 Å². The lowest BCUT2D eigenvalue weighted by atomic mass is 10.3. The van der Waals surface area contributed by atoms with Crippen LogP contribution in [0.1, 0.15) is 16.8 Å². The standard InChI is InChI=1S/C15H16BrN3OS/c16-13-2-3-14(17-10-13)18-5-1-6-19(8-7-18)15(20)12-4-9-21-11-12/h2-4,9-11H,1,5-8H2. The number of carbonyl (C=O) groups is 1. The Balaban J connectivity index is 1.66. The first kappa shape index (κ1) is 14.5. The Kier molecular flexibility index (Phi) is 4.55. The molecule has 3 heterocycles. The largest absolute Gasteiger partial charge is 0.355 e. The Morgan fingerprint density at radius 1 is 1.19 bits per heavy atom. The summed E-state index contributed by atoms with van der Waals surface area (Å²) < 4.78 is 0.982. The molecule has 110 valence electrons. The van der Waals surface area contributed by atoms with Gasteiger partial charge in [0, 0.05) is 42.2 Å². The second kappa shape index (κ2) is 6.58. The molecule has 2 aromatic rings. The minimum Gasteiger partial charge on any atom is -0.355 e. The quantitative estimate of drug-likeness (QED) is 0.819. The van der Waals surface area contributed by atoms with Crippen molar-refractivity contribution in [3.05, 3.63) is 45.2 Å². The van der Waals surface area contributed by atoms with E-state index in [1.165, 1.54) is 0 Å². The molecule has 1 fully saturated rings. The first-order chi connectivity index (χ1) is 10.2. The first-order valence-corrected chi connectivity index (χ1v) is 8.65. The van der Waals surface area contributed by atoms with E-state index in [0.29, 0.717) is 0 Å². The number of halogens is 1. The summed E-state index contributed by atoms with van der Waals surface area (Å²) in [7, 11) is 0. The molecule has 0 aliphatic carbocycles. The number of nitrogens with zero attached hydrogens (tertiary/aromatic N) is 3. The van der Waals surface area contributed by atoms with E-state index < -0.39 is 0 Å². The molecule has 4 nitrogen and oxygen atoms in total. The second-order valence-corrected chi connectivity index (χ2v) is 6.68. The maximum Gasteiger partial charge on any atom is 0.254 e. The van der Waals surface area contributed by atoms with Gasteiger partial charge in [-0.15, -0.1) is 0 Å². The van der Waals surface area contributed by atoms with Crippen molar-refractivity contribution in [3.63, 3.8) is 0 Å². The molecule has 0 aromatic carbocycles. The van der Waals surface area contributed by atoms with Gasteiger partial charge in [0.2, 0.25) is 0 Å². The van der Waals surface area contributed by atoms with Gasteiger partial charge in [-0.05, 0) is 45.9 Å². The maximum absolute atomic E-state index is 12.4. The van der Waals surface area contributed by atoms with Gasteiger partial charge in [-0.3, -0.25) is 4.79 Å². The summed E-state index contributed by atoms with van der Waals surface area (Å²) in [6, 6.07) is 5.91. The first-order valence-electron chi connectivity index (χ1n) is 6.92. The van der Waals surface area contributed by atoms with Crippen molar-refractivity contribution >= 4 is 39.0 Å². The average molecular weight is 366 g/mol. The highest BCUT2D eigenvalue weighted by atomic mass is 79.9. The number of hydrogen-bond donors (Lipinski definition) is 0. The van der Waals surface area contributed by atoms with Gasteiger partial charge in [0.25, 0.3) is 5.91 Å². The van der Waals surface area contributed by atoms with E-state index in [4.69, 9.17) is 0 Å². The molecule has 0 N–H and O–H groups in total. The Morgan fingerprint density at radius 2 is 2.10 bits per heavy atom. The summed E-state index contributed by atoms with van der Waals surface area (Å²) in [5.74, 6) is 1.12. The molecule has 0 bridgehead atoms. The summed E-state index contributed by atoms with van der Waals surface area (Å²) in [4.78, 5) is 21.0. The fraction of sp³-hybridized carbons (Fsp3) is 0.333. The summed E-state index contributed by atoms with van der Waals surface area (Å²) in [5.41, 5.74) is 0.801. The number of amides is 1. The van der Waals surface area contributed by atoms with E-state index in [2.05, 4.69) is 25.8 Å². The van der Waals surface area contributed by atoms with Crippen LogP contribution < -0.4 is 4.90 Å². The van der Waals surface area contributed by atoms with Crippen LogP contribution in [0.4, 0.5) is 5.82 Å². The normalized spacial score (nSPS) is 15.9. The fourth-order valence-electron chi connectivity index (χ4n) is 2.47. The van der Waals surface area contributed by atoms with Gasteiger partial charge in [0.1, 0.15) is 5.82 Å². The van der Waals surface area contributed by atoms with E-state index in [1.807, 2.05) is 40.1 Å². The van der Waals surface area contributed by atoms with Gasteiger partial charge in [-0.2, -0.15) is 11.3 Å². The van der Waals surface area contributed by atoms with Crippen LogP contribution in [0, 0.1) is 0 Å². The van der Waals surface area contributed by atoms with E-state index in [0.717, 1.165) is 48.5 Å². The third-order valence-corrected chi connectivity index (χ3v) is 4.74. The molecule has 21 heavy (non-hydrogen) atoms. The van der Waals surface area contributed by atoms with Gasteiger partial charge in [0.05, 0.1) is 5.56 Å². The maximum atomic E-state index is 12.4. The SMILES string of the molecule is O=C(c1ccsc1)N1CCCN(c2ccc(Br)cn2)CC1. The highest BCUT2D eigenvalue weighted by Crippen LogP contribution is 2.18. The second-order valence-electron chi connectivity index (χ2n) is 4.98. The smallest absolute Gasteiger partial charge is 0.254 e. The summed E-state index contributed by atoms with van der Waals surface area (Å²) >= 11 is 4.97. The molecule has 0 saturated carbocycles. The minimum atomic E-state index is 0.141. The molecule has 0 atom stereocenters. The van der Waals surface area contributed by atoms with E-state index >= 15 is 0 Å². The summed E-state index contributed by atoms with van der Waals surface area (Å²) in [6.07, 6.45) is 2.78. The zero-order valence-electron chi connectivity index (χ0n) is 11.5. The molecule has 0 radical (unpaired) electrons. The van der Waals surface area contributed by atoms with Crippen LogP contribution in [0.15, 0.2) is 39.6 Å². The van der Waals surface area contributed by atoms with E-state index in [9.17, 15) is 4.79 Å². The Bertz CT molecular complexity index is 600. The zero-order valence-corrected chi connectivity index (χ0v) is 13.9. The van der Waals surface area contributed by atoms with Gasteiger partial charge in [0.15, 0.2) is 0 Å². The topological polar surface area (TPSA) is 36.4 Å². The highest BCUT2D eigenvalue weighted by molar-refractivity contribution is 9.10. The van der Waals surface area contributed by atoms with E-state index in [-0.39, 0.29) is 5.91 Å². The van der Waals surface area contributed by atoms with Crippen molar-refractivity contribution in [2.75, 3.05) is 31.1 Å². The lowest BCUT2D eigenvalue weighted by molar-refractivity contribution is 0.0767. The van der Waals surface area contributed by atoms with Crippen LogP contribution >= 0.6 is 27.3 Å². The Morgan fingerprint density at radius 3 is 2.81 bits per heavy atom. The summed E-state index contributed by atoms with van der Waals surface area (Å²) in [6.45, 7) is 3.31. The van der Waals surface area contributed by atoms with Gasteiger partial charge in [-0.25, -0.2) is 4.98 Å². The van der Waals surface area contributed by atoms with Crippen LogP contribution in [0.2, 0.25) is 0 Å². The monoisotopic (exact) mass is 365 g/mol. The lowest BCUT2D eigenvalue weighted by Gasteiger charge is -2.22. The number of carbonyl (C=O) groups excluding carboxylic acids is 1. The molecular weight excluding hydrogens is 350 g/mol. The Hall–Kier alpha value is -1.40. The van der Waals surface area contributed by atoms with Gasteiger partial charge < -0.3 is 9.80 Å². The average Bonchev–Trinajstić information content (AvgIpc) is 2.92. The van der Waals surface area contributed by atoms with Crippen LogP contribution in [0.3, 0.4) is 0 Å². The third-order valence-electron chi connectivity index (χ3n) is 3.59. The van der Waals surface area contributed by atoms with Crippen LogP contribution in [-0.2, 0) is 0 Å². The number of thiophene rings is 1. The molecular formula is C15H16BrN3OS. The predicted octanol–water partition coefficient (Wildman–Crippen LogP) is 3.26. The van der Waals surface area contributed by atoms with Crippen molar-refractivity contribution in [2.45, 2.75) is 6.42 Å². The highest BCUT2D eigenvalue weighted by Gasteiger charge is 2.21.